The van der Waals surface area contributed by atoms with Gasteiger partial charge in [-0.05, 0) is 56.8 Å². The Hall–Kier alpha value is -1.88. The van der Waals surface area contributed by atoms with E-state index in [-0.39, 0.29) is 11.7 Å². The molecule has 0 spiro atoms. The summed E-state index contributed by atoms with van der Waals surface area (Å²) < 4.78 is 13.8. The number of allylic oxidation sites excluding steroid dienone is 2. The topological polar surface area (TPSA) is 35.6 Å². The van der Waals surface area contributed by atoms with Gasteiger partial charge in [0.25, 0.3) is 0 Å². The average Bonchev–Trinajstić information content (AvgIpc) is 3.16. The first-order valence-corrected chi connectivity index (χ1v) is 8.66. The van der Waals surface area contributed by atoms with Crippen LogP contribution >= 0.6 is 0 Å². The van der Waals surface area contributed by atoms with Gasteiger partial charge in [0.2, 0.25) is 0 Å². The first kappa shape index (κ1) is 17.0. The zero-order valence-corrected chi connectivity index (χ0v) is 14.4. The van der Waals surface area contributed by atoms with Crippen LogP contribution in [-0.2, 0) is 0 Å². The fourth-order valence-corrected chi connectivity index (χ4v) is 3.74. The molecular weight excluding hydrogens is 305 g/mol. The number of carbonyl (C=O) groups is 1. The Kier molecular flexibility index (Phi) is 5.19. The number of urea groups is 1. The number of rotatable bonds is 6. The summed E-state index contributed by atoms with van der Waals surface area (Å²) >= 11 is 0. The van der Waals surface area contributed by atoms with E-state index >= 15 is 0 Å². The third-order valence-corrected chi connectivity index (χ3v) is 5.09. The quantitative estimate of drug-likeness (QED) is 0.811. The number of fused-ring (bicyclic) bond motifs is 2. The number of amides is 2. The molecule has 24 heavy (non-hydrogen) atoms. The fourth-order valence-electron chi connectivity index (χ4n) is 3.74. The van der Waals surface area contributed by atoms with Crippen molar-refractivity contribution in [1.29, 1.82) is 0 Å². The number of halogens is 1. The van der Waals surface area contributed by atoms with E-state index in [1.165, 1.54) is 12.5 Å². The van der Waals surface area contributed by atoms with Crippen LogP contribution in [0.4, 0.5) is 14.9 Å². The summed E-state index contributed by atoms with van der Waals surface area (Å²) in [6, 6.07) is 6.09. The van der Waals surface area contributed by atoms with Gasteiger partial charge >= 0.3 is 6.03 Å². The lowest BCUT2D eigenvalue weighted by atomic mass is 9.93. The van der Waals surface area contributed by atoms with Crippen molar-refractivity contribution < 1.29 is 9.18 Å². The normalized spacial score (nSPS) is 24.6. The number of nitrogens with one attached hydrogen (secondary N) is 1. The van der Waals surface area contributed by atoms with E-state index in [1.807, 2.05) is 19.0 Å². The highest BCUT2D eigenvalue weighted by atomic mass is 19.1. The van der Waals surface area contributed by atoms with Gasteiger partial charge in [-0.15, -0.1) is 0 Å². The summed E-state index contributed by atoms with van der Waals surface area (Å²) in [5, 5.41) is 2.73. The van der Waals surface area contributed by atoms with Crippen molar-refractivity contribution in [3.8, 4) is 0 Å². The molecule has 5 heteroatoms. The maximum Gasteiger partial charge on any atom is 0.321 e. The first-order chi connectivity index (χ1) is 11.5. The van der Waals surface area contributed by atoms with Crippen molar-refractivity contribution in [3.63, 3.8) is 0 Å². The molecule has 2 aliphatic rings. The number of hydrogen-bond donors (Lipinski definition) is 1. The molecule has 2 bridgehead atoms. The Morgan fingerprint density at radius 1 is 1.21 bits per heavy atom. The highest BCUT2D eigenvalue weighted by molar-refractivity contribution is 5.89. The molecule has 1 N–H and O–H groups in total. The number of benzene rings is 1. The second-order valence-electron chi connectivity index (χ2n) is 7.20. The number of nitrogens with zero attached hydrogens (tertiary/aromatic N) is 2. The molecule has 3 rings (SSSR count). The van der Waals surface area contributed by atoms with Crippen molar-refractivity contribution in [3.05, 3.63) is 42.2 Å². The Morgan fingerprint density at radius 3 is 2.62 bits per heavy atom. The Morgan fingerprint density at radius 2 is 2.00 bits per heavy atom. The Bertz CT molecular complexity index is 616. The lowest BCUT2D eigenvalue weighted by Gasteiger charge is -2.29. The Labute approximate surface area is 143 Å². The molecule has 1 fully saturated rings. The van der Waals surface area contributed by atoms with E-state index in [4.69, 9.17) is 0 Å². The van der Waals surface area contributed by atoms with Crippen molar-refractivity contribution >= 4 is 11.7 Å². The van der Waals surface area contributed by atoms with E-state index in [2.05, 4.69) is 22.4 Å². The van der Waals surface area contributed by atoms with Crippen LogP contribution in [-0.4, -0.2) is 49.6 Å². The highest BCUT2D eigenvalue weighted by Gasteiger charge is 2.37. The average molecular weight is 331 g/mol. The SMILES string of the molecule is CN(C)CCN(CC1CC2C=CC1C2)C(=O)Nc1ccccc1F. The van der Waals surface area contributed by atoms with Gasteiger partial charge in [-0.3, -0.25) is 0 Å². The van der Waals surface area contributed by atoms with Crippen LogP contribution in [0, 0.1) is 23.6 Å². The predicted molar refractivity (Wildman–Crippen MR) is 94.4 cm³/mol. The van der Waals surface area contributed by atoms with Crippen LogP contribution in [0.15, 0.2) is 36.4 Å². The zero-order valence-electron chi connectivity index (χ0n) is 14.4. The standard InChI is InChI=1S/C19H26FN3O/c1-22(2)9-10-23(13-16-12-14-7-8-15(16)11-14)19(24)21-18-6-4-3-5-17(18)20/h3-8,14-16H,9-13H2,1-2H3,(H,21,24). The number of para-hydroxylation sites is 1. The van der Waals surface area contributed by atoms with Gasteiger partial charge < -0.3 is 15.1 Å². The maximum absolute atomic E-state index is 13.8. The van der Waals surface area contributed by atoms with Crippen molar-refractivity contribution in [2.45, 2.75) is 12.8 Å². The summed E-state index contributed by atoms with van der Waals surface area (Å²) in [4.78, 5) is 16.6. The van der Waals surface area contributed by atoms with Crippen molar-refractivity contribution in [2.24, 2.45) is 17.8 Å². The van der Waals surface area contributed by atoms with E-state index < -0.39 is 5.82 Å². The van der Waals surface area contributed by atoms with E-state index in [9.17, 15) is 9.18 Å². The second-order valence-corrected chi connectivity index (χ2v) is 7.20. The minimum atomic E-state index is -0.402. The van der Waals surface area contributed by atoms with Gasteiger partial charge in [0, 0.05) is 19.6 Å². The van der Waals surface area contributed by atoms with Crippen LogP contribution in [0.3, 0.4) is 0 Å². The first-order valence-electron chi connectivity index (χ1n) is 8.66. The minimum Gasteiger partial charge on any atom is -0.323 e. The van der Waals surface area contributed by atoms with Crippen LogP contribution < -0.4 is 5.32 Å². The minimum absolute atomic E-state index is 0.214. The van der Waals surface area contributed by atoms with Crippen LogP contribution in [0.25, 0.3) is 0 Å². The molecule has 130 valence electrons. The molecule has 4 nitrogen and oxygen atoms in total. The van der Waals surface area contributed by atoms with Gasteiger partial charge in [-0.2, -0.15) is 0 Å². The maximum atomic E-state index is 13.8. The van der Waals surface area contributed by atoms with E-state index in [1.54, 1.807) is 18.2 Å². The smallest absolute Gasteiger partial charge is 0.321 e. The van der Waals surface area contributed by atoms with Crippen LogP contribution in [0.2, 0.25) is 0 Å². The fraction of sp³-hybridized carbons (Fsp3) is 0.526. The van der Waals surface area contributed by atoms with Gasteiger partial charge in [0.05, 0.1) is 5.69 Å². The molecule has 1 aromatic carbocycles. The molecule has 3 unspecified atom stereocenters. The molecular formula is C19H26FN3O. The second kappa shape index (κ2) is 7.34. The van der Waals surface area contributed by atoms with Gasteiger partial charge in [-0.25, -0.2) is 9.18 Å². The largest absolute Gasteiger partial charge is 0.323 e. The molecule has 0 aliphatic heterocycles. The third-order valence-electron chi connectivity index (χ3n) is 5.09. The van der Waals surface area contributed by atoms with Crippen LogP contribution in [0.1, 0.15) is 12.8 Å². The van der Waals surface area contributed by atoms with E-state index in [0.29, 0.717) is 24.3 Å². The van der Waals surface area contributed by atoms with Crippen molar-refractivity contribution in [1.82, 2.24) is 9.80 Å². The lowest BCUT2D eigenvalue weighted by Crippen LogP contribution is -2.43. The molecule has 0 aromatic heterocycles. The van der Waals surface area contributed by atoms with E-state index in [0.717, 1.165) is 19.5 Å². The lowest BCUT2D eigenvalue weighted by molar-refractivity contribution is 0.188. The van der Waals surface area contributed by atoms with Crippen molar-refractivity contribution in [2.75, 3.05) is 39.0 Å². The monoisotopic (exact) mass is 331 g/mol. The van der Waals surface area contributed by atoms with Crippen LogP contribution in [0.5, 0.6) is 0 Å². The van der Waals surface area contributed by atoms with Gasteiger partial charge in [0.1, 0.15) is 5.82 Å². The summed E-state index contributed by atoms with van der Waals surface area (Å²) in [7, 11) is 3.99. The molecule has 3 atom stereocenters. The highest BCUT2D eigenvalue weighted by Crippen LogP contribution is 2.43. The summed E-state index contributed by atoms with van der Waals surface area (Å²) in [5.74, 6) is 1.40. The number of carbonyl (C=O) groups excluding carboxylic acids is 1. The molecule has 0 saturated heterocycles. The van der Waals surface area contributed by atoms with Gasteiger partial charge in [-0.1, -0.05) is 24.3 Å². The Balaban J connectivity index is 1.65. The molecule has 0 heterocycles. The van der Waals surface area contributed by atoms with Gasteiger partial charge in [0.15, 0.2) is 0 Å². The molecule has 2 amide bonds. The zero-order chi connectivity index (χ0) is 17.1. The summed E-state index contributed by atoms with van der Waals surface area (Å²) in [5.41, 5.74) is 0.241. The molecule has 1 aromatic rings. The third kappa shape index (κ3) is 3.96. The summed E-state index contributed by atoms with van der Waals surface area (Å²) in [6.07, 6.45) is 7.00. The molecule has 2 aliphatic carbocycles. The molecule has 0 radical (unpaired) electrons. The number of anilines is 1. The molecule has 1 saturated carbocycles. The number of hydrogen-bond acceptors (Lipinski definition) is 2. The predicted octanol–water partition coefficient (Wildman–Crippen LogP) is 3.43. The summed E-state index contributed by atoms with van der Waals surface area (Å²) in [6.45, 7) is 2.17. The number of likely N-dealkylation sites (N-methyl/N-ethyl adjacent to an activating group) is 1.